The number of nitrogens with zero attached hydrogens (tertiary/aromatic N) is 2. The first kappa shape index (κ1) is 11.0. The predicted molar refractivity (Wildman–Crippen MR) is 58.5 cm³/mol. The number of pyridine rings is 1. The number of aromatic nitrogens is 3. The summed E-state index contributed by atoms with van der Waals surface area (Å²) in [6, 6.07) is 1.70. The molecule has 86 valence electrons. The predicted octanol–water partition coefficient (Wildman–Crippen LogP) is -0.299. The molecule has 0 aliphatic heterocycles. The zero-order valence-corrected chi connectivity index (χ0v) is 8.67. The van der Waals surface area contributed by atoms with Crippen molar-refractivity contribution >= 4 is 10.9 Å². The van der Waals surface area contributed by atoms with Crippen molar-refractivity contribution in [2.24, 2.45) is 5.73 Å². The minimum absolute atomic E-state index is 0.326. The zero-order valence-electron chi connectivity index (χ0n) is 8.67. The van der Waals surface area contributed by atoms with Crippen molar-refractivity contribution in [3.8, 4) is 0 Å². The molecule has 0 spiro atoms. The molecule has 5 N–H and O–H groups in total. The number of aliphatic hydroxyl groups is 2. The van der Waals surface area contributed by atoms with E-state index in [1.807, 2.05) is 0 Å². The van der Waals surface area contributed by atoms with Crippen molar-refractivity contribution in [1.82, 2.24) is 15.2 Å². The molecular formula is C10H14N4O2. The molecule has 6 nitrogen and oxygen atoms in total. The van der Waals surface area contributed by atoms with Crippen molar-refractivity contribution in [2.45, 2.75) is 18.6 Å². The van der Waals surface area contributed by atoms with Crippen molar-refractivity contribution in [2.75, 3.05) is 6.54 Å². The Morgan fingerprint density at radius 1 is 1.38 bits per heavy atom. The molecule has 0 aliphatic rings. The van der Waals surface area contributed by atoms with Crippen molar-refractivity contribution < 1.29 is 10.2 Å². The molecular weight excluding hydrogens is 208 g/mol. The minimum Gasteiger partial charge on any atom is -0.390 e. The molecule has 0 amide bonds. The Balaban J connectivity index is 2.24. The lowest BCUT2D eigenvalue weighted by Gasteiger charge is -2.16. The summed E-state index contributed by atoms with van der Waals surface area (Å²) in [6.07, 6.45) is 1.66. The van der Waals surface area contributed by atoms with E-state index in [2.05, 4.69) is 15.2 Å². The van der Waals surface area contributed by atoms with Crippen molar-refractivity contribution in [3.05, 3.63) is 24.2 Å². The number of hydrogen-bond acceptors (Lipinski definition) is 5. The summed E-state index contributed by atoms with van der Waals surface area (Å²) in [5.74, 6) is 0. The van der Waals surface area contributed by atoms with Crippen LogP contribution in [0.1, 0.15) is 18.2 Å². The van der Waals surface area contributed by atoms with E-state index in [1.165, 1.54) is 0 Å². The summed E-state index contributed by atoms with van der Waals surface area (Å²) < 4.78 is 0. The van der Waals surface area contributed by atoms with Gasteiger partial charge in [0.2, 0.25) is 0 Å². The molecule has 0 bridgehead atoms. The summed E-state index contributed by atoms with van der Waals surface area (Å²) in [5, 5.41) is 26.9. The highest BCUT2D eigenvalue weighted by molar-refractivity contribution is 5.77. The van der Waals surface area contributed by atoms with Crippen LogP contribution in [0.2, 0.25) is 0 Å². The third kappa shape index (κ3) is 2.04. The van der Waals surface area contributed by atoms with Gasteiger partial charge in [-0.1, -0.05) is 0 Å². The van der Waals surface area contributed by atoms with Crippen molar-refractivity contribution in [1.29, 1.82) is 0 Å². The lowest BCUT2D eigenvalue weighted by Crippen LogP contribution is -2.22. The Morgan fingerprint density at radius 3 is 2.94 bits per heavy atom. The molecule has 16 heavy (non-hydrogen) atoms. The number of fused-ring (bicyclic) bond motifs is 1. The number of hydrogen-bond donors (Lipinski definition) is 4. The summed E-state index contributed by atoms with van der Waals surface area (Å²) in [5.41, 5.74) is 6.53. The summed E-state index contributed by atoms with van der Waals surface area (Å²) in [6.45, 7) is 0.326. The Labute approximate surface area is 92.1 Å². The van der Waals surface area contributed by atoms with Crippen LogP contribution >= 0.6 is 0 Å². The van der Waals surface area contributed by atoms with Gasteiger partial charge in [0.25, 0.3) is 0 Å². The van der Waals surface area contributed by atoms with Gasteiger partial charge in [0, 0.05) is 5.39 Å². The van der Waals surface area contributed by atoms with Crippen LogP contribution in [0.4, 0.5) is 0 Å². The van der Waals surface area contributed by atoms with E-state index >= 15 is 0 Å². The second-order valence-electron chi connectivity index (χ2n) is 3.66. The summed E-state index contributed by atoms with van der Waals surface area (Å²) in [4.78, 5) is 4.06. The Morgan fingerprint density at radius 2 is 2.19 bits per heavy atom. The molecule has 6 heteroatoms. The molecule has 0 aliphatic carbocycles. The number of nitrogens with two attached hydrogens (primary N) is 1. The Kier molecular flexibility index (Phi) is 3.14. The molecule has 2 heterocycles. The van der Waals surface area contributed by atoms with E-state index in [4.69, 9.17) is 5.73 Å². The van der Waals surface area contributed by atoms with Gasteiger partial charge in [0.1, 0.15) is 6.10 Å². The first-order chi connectivity index (χ1) is 7.72. The van der Waals surface area contributed by atoms with Crippen LogP contribution in [0.15, 0.2) is 18.5 Å². The average molecular weight is 222 g/mol. The number of rotatable bonds is 4. The first-order valence-electron chi connectivity index (χ1n) is 5.07. The number of H-pyrrole nitrogens is 1. The van der Waals surface area contributed by atoms with Gasteiger partial charge in [-0.15, -0.1) is 0 Å². The van der Waals surface area contributed by atoms with Gasteiger partial charge in [0.15, 0.2) is 0 Å². The SMILES string of the molecule is NCCC(O)C(O)c1cc2cn[nH]c2cn1. The van der Waals surface area contributed by atoms with Crippen LogP contribution in [0.25, 0.3) is 10.9 Å². The maximum absolute atomic E-state index is 9.82. The lowest BCUT2D eigenvalue weighted by molar-refractivity contribution is 0.0126. The third-order valence-electron chi connectivity index (χ3n) is 2.48. The van der Waals surface area contributed by atoms with Crippen molar-refractivity contribution in [3.63, 3.8) is 0 Å². The van der Waals surface area contributed by atoms with Crippen LogP contribution in [-0.4, -0.2) is 38.0 Å². The minimum atomic E-state index is -1.01. The standard InChI is InChI=1S/C10H14N4O2/c11-2-1-9(15)10(16)7-3-6-4-13-14-8(6)5-12-7/h3-5,9-10,15-16H,1-2,11H2,(H,13,14). The fourth-order valence-electron chi connectivity index (χ4n) is 1.55. The van der Waals surface area contributed by atoms with Crippen LogP contribution in [-0.2, 0) is 0 Å². The largest absolute Gasteiger partial charge is 0.390 e. The molecule has 0 saturated heterocycles. The van der Waals surface area contributed by atoms with Crippen LogP contribution in [0.3, 0.4) is 0 Å². The number of aliphatic hydroxyl groups excluding tert-OH is 2. The molecule has 2 unspecified atom stereocenters. The molecule has 0 aromatic carbocycles. The molecule has 0 radical (unpaired) electrons. The smallest absolute Gasteiger partial charge is 0.122 e. The van der Waals surface area contributed by atoms with E-state index in [1.54, 1.807) is 18.5 Å². The topological polar surface area (TPSA) is 108 Å². The highest BCUT2D eigenvalue weighted by atomic mass is 16.3. The summed E-state index contributed by atoms with van der Waals surface area (Å²) in [7, 11) is 0. The highest BCUT2D eigenvalue weighted by Gasteiger charge is 2.19. The maximum atomic E-state index is 9.82. The molecule has 2 atom stereocenters. The lowest BCUT2D eigenvalue weighted by atomic mass is 10.1. The third-order valence-corrected chi connectivity index (χ3v) is 2.48. The zero-order chi connectivity index (χ0) is 11.5. The normalized spacial score (nSPS) is 15.2. The van der Waals surface area contributed by atoms with E-state index < -0.39 is 12.2 Å². The first-order valence-corrected chi connectivity index (χ1v) is 5.07. The Hall–Kier alpha value is -1.50. The van der Waals surface area contributed by atoms with E-state index in [9.17, 15) is 10.2 Å². The van der Waals surface area contributed by atoms with Crippen LogP contribution in [0, 0.1) is 0 Å². The van der Waals surface area contributed by atoms with Gasteiger partial charge in [-0.05, 0) is 19.0 Å². The number of nitrogens with one attached hydrogen (secondary N) is 1. The highest BCUT2D eigenvalue weighted by Crippen LogP contribution is 2.19. The fraction of sp³-hybridized carbons (Fsp3) is 0.400. The van der Waals surface area contributed by atoms with Gasteiger partial charge in [-0.2, -0.15) is 5.10 Å². The quantitative estimate of drug-likeness (QED) is 0.568. The van der Waals surface area contributed by atoms with E-state index in [0.717, 1.165) is 10.9 Å². The van der Waals surface area contributed by atoms with E-state index in [0.29, 0.717) is 18.7 Å². The van der Waals surface area contributed by atoms with Gasteiger partial charge in [-0.25, -0.2) is 0 Å². The van der Waals surface area contributed by atoms with Gasteiger partial charge >= 0.3 is 0 Å². The molecule has 2 rings (SSSR count). The fourth-order valence-corrected chi connectivity index (χ4v) is 1.55. The van der Waals surface area contributed by atoms with Gasteiger partial charge < -0.3 is 15.9 Å². The number of aromatic amines is 1. The molecule has 2 aromatic heterocycles. The summed E-state index contributed by atoms with van der Waals surface area (Å²) >= 11 is 0. The maximum Gasteiger partial charge on any atom is 0.122 e. The van der Waals surface area contributed by atoms with Crippen LogP contribution < -0.4 is 5.73 Å². The molecule has 0 saturated carbocycles. The molecule has 0 fully saturated rings. The second kappa shape index (κ2) is 4.56. The second-order valence-corrected chi connectivity index (χ2v) is 3.66. The monoisotopic (exact) mass is 222 g/mol. The average Bonchev–Trinajstić information content (AvgIpc) is 2.75. The van der Waals surface area contributed by atoms with Gasteiger partial charge in [0.05, 0.1) is 29.7 Å². The van der Waals surface area contributed by atoms with E-state index in [-0.39, 0.29) is 0 Å². The van der Waals surface area contributed by atoms with Gasteiger partial charge in [-0.3, -0.25) is 10.1 Å². The Bertz CT molecular complexity index is 471. The van der Waals surface area contributed by atoms with Crippen LogP contribution in [0.5, 0.6) is 0 Å². The molecule has 2 aromatic rings.